The maximum Gasteiger partial charge on any atom is 0.472 e. The van der Waals surface area contributed by atoms with E-state index in [9.17, 15) is 43.2 Å². The predicted octanol–water partition coefficient (Wildman–Crippen LogP) is 26.3. The van der Waals surface area contributed by atoms with E-state index >= 15 is 0 Å². The highest BCUT2D eigenvalue weighted by molar-refractivity contribution is 7.47. The van der Waals surface area contributed by atoms with Crippen molar-refractivity contribution >= 4 is 39.5 Å². The van der Waals surface area contributed by atoms with Gasteiger partial charge in [-0.25, -0.2) is 9.13 Å². The predicted molar refractivity (Wildman–Crippen MR) is 437 cm³/mol. The first-order valence-electron chi connectivity index (χ1n) is 44.8. The minimum absolute atomic E-state index is 0.106. The molecule has 5 unspecified atom stereocenters. The molecule has 17 nitrogen and oxygen atoms in total. The van der Waals surface area contributed by atoms with Gasteiger partial charge < -0.3 is 33.8 Å². The fraction of sp³-hybridized carbons (Fsp3) is 0.954. The lowest BCUT2D eigenvalue weighted by atomic mass is 9.99. The molecule has 0 bridgehead atoms. The Morgan fingerprint density at radius 3 is 0.670 bits per heavy atom. The van der Waals surface area contributed by atoms with E-state index in [2.05, 4.69) is 55.4 Å². The lowest BCUT2D eigenvalue weighted by molar-refractivity contribution is -0.161. The number of hydrogen-bond acceptors (Lipinski definition) is 15. The molecule has 0 spiro atoms. The van der Waals surface area contributed by atoms with Gasteiger partial charge in [-0.15, -0.1) is 0 Å². The standard InChI is InChI=1S/C87H170O17P2/c1-9-78(6)64-56-48-40-32-26-20-16-14-12-13-15-17-23-29-35-45-53-61-69-86(91)103-82(73-97-84(89)67-59-51-43-34-28-22-19-18-21-27-33-41-49-57-65-79(7)10-2)75-101-105(93,94)99-71-81(88)72-100-106(95,96)102-76-83(74-98-85(90)68-60-52-44-38-37-42-50-58-66-80(8)11-3)104-87(92)70-62-54-46-36-30-24-25-31-39-47-55-63-77(4)5/h77-83,88H,9-76H2,1-8H3,(H,93,94)(H,95,96)/t78?,79?,80?,81-,82-,83-/m1/s1. The largest absolute Gasteiger partial charge is 0.472 e. The number of phosphoric acid groups is 2. The van der Waals surface area contributed by atoms with E-state index in [4.69, 9.17) is 37.0 Å². The Morgan fingerprint density at radius 2 is 0.453 bits per heavy atom. The Bertz CT molecular complexity index is 2060. The average Bonchev–Trinajstić information content (AvgIpc) is 0.911. The summed E-state index contributed by atoms with van der Waals surface area (Å²) in [7, 11) is -9.93. The van der Waals surface area contributed by atoms with Gasteiger partial charge in [-0.1, -0.05) is 402 Å². The van der Waals surface area contributed by atoms with Gasteiger partial charge in [0.2, 0.25) is 0 Å². The van der Waals surface area contributed by atoms with Crippen LogP contribution < -0.4 is 0 Å². The van der Waals surface area contributed by atoms with E-state index in [0.717, 1.165) is 114 Å². The summed E-state index contributed by atoms with van der Waals surface area (Å²) in [6, 6.07) is 0. The van der Waals surface area contributed by atoms with Gasteiger partial charge in [0.25, 0.3) is 0 Å². The number of phosphoric ester groups is 2. The maximum atomic E-state index is 13.2. The van der Waals surface area contributed by atoms with Gasteiger partial charge in [-0.2, -0.15) is 0 Å². The fourth-order valence-corrected chi connectivity index (χ4v) is 15.0. The number of rotatable bonds is 84. The molecule has 0 aliphatic rings. The van der Waals surface area contributed by atoms with Crippen LogP contribution in [-0.2, 0) is 65.4 Å². The first-order valence-corrected chi connectivity index (χ1v) is 47.8. The Balaban J connectivity index is 5.25. The van der Waals surface area contributed by atoms with Crippen LogP contribution in [0.4, 0.5) is 0 Å². The maximum absolute atomic E-state index is 13.2. The number of ether oxygens (including phenoxy) is 4. The van der Waals surface area contributed by atoms with Crippen LogP contribution in [0.15, 0.2) is 0 Å². The molecule has 630 valence electrons. The van der Waals surface area contributed by atoms with Crippen LogP contribution in [0, 0.1) is 23.7 Å². The third-order valence-electron chi connectivity index (χ3n) is 21.4. The molecule has 0 aromatic rings. The van der Waals surface area contributed by atoms with Gasteiger partial charge in [0.15, 0.2) is 12.2 Å². The van der Waals surface area contributed by atoms with E-state index in [-0.39, 0.29) is 25.7 Å². The first-order chi connectivity index (χ1) is 51.2. The molecule has 0 aliphatic heterocycles. The SMILES string of the molecule is CCC(C)CCCCCCCCCCCCCCCCCCCCC(=O)O[C@H](COC(=O)CCCCCCCCCCCCCCCCC(C)CC)COP(=O)(O)OC[C@@H](O)COP(=O)(O)OC[C@@H](COC(=O)CCCCCCCCCCC(C)CC)OC(=O)CCCCCCCCCCCCCC(C)C. The van der Waals surface area contributed by atoms with Crippen molar-refractivity contribution in [2.45, 2.75) is 472 Å². The van der Waals surface area contributed by atoms with E-state index < -0.39 is 97.5 Å². The molecular formula is C87H170O17P2. The summed E-state index contributed by atoms with van der Waals surface area (Å²) in [5.41, 5.74) is 0. The highest BCUT2D eigenvalue weighted by Crippen LogP contribution is 2.45. The second kappa shape index (κ2) is 75.7. The summed E-state index contributed by atoms with van der Waals surface area (Å²) in [6.45, 7) is 14.4. The second-order valence-electron chi connectivity index (χ2n) is 32.5. The van der Waals surface area contributed by atoms with E-state index in [1.807, 2.05) is 0 Å². The van der Waals surface area contributed by atoms with Gasteiger partial charge in [-0.3, -0.25) is 37.3 Å². The van der Waals surface area contributed by atoms with E-state index in [1.54, 1.807) is 0 Å². The summed E-state index contributed by atoms with van der Waals surface area (Å²) in [6.07, 6.45) is 65.1. The molecule has 0 radical (unpaired) electrons. The molecule has 19 heteroatoms. The van der Waals surface area contributed by atoms with E-state index in [0.29, 0.717) is 25.7 Å². The number of aliphatic hydroxyl groups excluding tert-OH is 1. The van der Waals surface area contributed by atoms with Crippen LogP contribution in [0.3, 0.4) is 0 Å². The summed E-state index contributed by atoms with van der Waals surface area (Å²) >= 11 is 0. The van der Waals surface area contributed by atoms with Gasteiger partial charge >= 0.3 is 39.5 Å². The molecular weight excluding hydrogens is 1380 g/mol. The molecule has 0 aromatic heterocycles. The highest BCUT2D eigenvalue weighted by Gasteiger charge is 2.31. The Labute approximate surface area is 651 Å². The Morgan fingerprint density at radius 1 is 0.264 bits per heavy atom. The lowest BCUT2D eigenvalue weighted by Crippen LogP contribution is -2.30. The molecule has 8 atom stereocenters. The van der Waals surface area contributed by atoms with Crippen molar-refractivity contribution in [3.05, 3.63) is 0 Å². The van der Waals surface area contributed by atoms with Gasteiger partial charge in [0.05, 0.1) is 26.4 Å². The van der Waals surface area contributed by atoms with Crippen LogP contribution >= 0.6 is 15.6 Å². The molecule has 0 aliphatic carbocycles. The molecule has 0 saturated carbocycles. The van der Waals surface area contributed by atoms with Gasteiger partial charge in [0, 0.05) is 25.7 Å². The van der Waals surface area contributed by atoms with Crippen molar-refractivity contribution in [2.75, 3.05) is 39.6 Å². The van der Waals surface area contributed by atoms with Crippen molar-refractivity contribution < 1.29 is 80.2 Å². The zero-order chi connectivity index (χ0) is 78.1. The van der Waals surface area contributed by atoms with Crippen LogP contribution in [0.25, 0.3) is 0 Å². The molecule has 0 saturated heterocycles. The molecule has 106 heavy (non-hydrogen) atoms. The molecule has 3 N–H and O–H groups in total. The first kappa shape index (κ1) is 104. The molecule has 0 heterocycles. The quantitative estimate of drug-likeness (QED) is 0.0222. The Hall–Kier alpha value is -1.94. The van der Waals surface area contributed by atoms with E-state index in [1.165, 1.54) is 257 Å². The van der Waals surface area contributed by atoms with Crippen molar-refractivity contribution in [3.8, 4) is 0 Å². The van der Waals surface area contributed by atoms with Crippen molar-refractivity contribution in [3.63, 3.8) is 0 Å². The molecule has 0 rings (SSSR count). The summed E-state index contributed by atoms with van der Waals surface area (Å²) in [4.78, 5) is 73.3. The molecule has 0 aromatic carbocycles. The topological polar surface area (TPSA) is 237 Å². The zero-order valence-electron chi connectivity index (χ0n) is 70.1. The number of hydrogen-bond donors (Lipinski definition) is 3. The highest BCUT2D eigenvalue weighted by atomic mass is 31.2. The monoisotopic (exact) mass is 1550 g/mol. The summed E-state index contributed by atoms with van der Waals surface area (Å²) in [5, 5.41) is 10.7. The van der Waals surface area contributed by atoms with Gasteiger partial charge in [0.1, 0.15) is 19.3 Å². The minimum Gasteiger partial charge on any atom is -0.462 e. The normalized spacial score (nSPS) is 14.7. The number of aliphatic hydroxyl groups is 1. The lowest BCUT2D eigenvalue weighted by Gasteiger charge is -2.21. The third-order valence-corrected chi connectivity index (χ3v) is 23.3. The average molecular weight is 1550 g/mol. The van der Waals surface area contributed by atoms with Crippen molar-refractivity contribution in [1.82, 2.24) is 0 Å². The Kier molecular flexibility index (Phi) is 74.3. The smallest absolute Gasteiger partial charge is 0.462 e. The van der Waals surface area contributed by atoms with Crippen LogP contribution in [0.1, 0.15) is 453 Å². The summed E-state index contributed by atoms with van der Waals surface area (Å²) in [5.74, 6) is 1.16. The van der Waals surface area contributed by atoms with Gasteiger partial charge in [-0.05, 0) is 49.4 Å². The van der Waals surface area contributed by atoms with Crippen molar-refractivity contribution in [2.24, 2.45) is 23.7 Å². The van der Waals surface area contributed by atoms with Crippen molar-refractivity contribution in [1.29, 1.82) is 0 Å². The fourth-order valence-electron chi connectivity index (χ4n) is 13.4. The third kappa shape index (κ3) is 76.1. The number of carbonyl (C=O) groups excluding carboxylic acids is 4. The number of carbonyl (C=O) groups is 4. The molecule has 0 amide bonds. The molecule has 0 fully saturated rings. The van der Waals surface area contributed by atoms with Crippen LogP contribution in [-0.4, -0.2) is 96.7 Å². The zero-order valence-corrected chi connectivity index (χ0v) is 71.9. The van der Waals surface area contributed by atoms with Crippen LogP contribution in [0.5, 0.6) is 0 Å². The number of unbranched alkanes of at least 4 members (excludes halogenated alkanes) is 47. The second-order valence-corrected chi connectivity index (χ2v) is 35.4. The van der Waals surface area contributed by atoms with Crippen LogP contribution in [0.2, 0.25) is 0 Å². The minimum atomic E-state index is -4.97. The summed E-state index contributed by atoms with van der Waals surface area (Å²) < 4.78 is 68.9. The number of esters is 4.